The number of benzene rings is 2. The van der Waals surface area contributed by atoms with E-state index in [2.05, 4.69) is 50.8 Å². The van der Waals surface area contributed by atoms with Crippen molar-refractivity contribution in [2.24, 2.45) is 0 Å². The number of rotatable bonds is 2. The molecule has 0 saturated heterocycles. The summed E-state index contributed by atoms with van der Waals surface area (Å²) in [6, 6.07) is 16.8. The van der Waals surface area contributed by atoms with Crippen LogP contribution in [0.25, 0.3) is 5.57 Å². The van der Waals surface area contributed by atoms with Gasteiger partial charge in [0.15, 0.2) is 0 Å². The molecule has 0 unspecified atom stereocenters. The summed E-state index contributed by atoms with van der Waals surface area (Å²) in [6.07, 6.45) is 0.715. The van der Waals surface area contributed by atoms with E-state index in [4.69, 9.17) is 4.55 Å². The van der Waals surface area contributed by atoms with Crippen molar-refractivity contribution < 1.29 is 13.0 Å². The quantitative estimate of drug-likeness (QED) is 0.857. The maximum atomic E-state index is 9.19. The lowest BCUT2D eigenvalue weighted by molar-refractivity contribution is 0.490. The van der Waals surface area contributed by atoms with Crippen molar-refractivity contribution in [1.29, 1.82) is 0 Å². The summed E-state index contributed by atoms with van der Waals surface area (Å²) in [4.78, 5) is 0. The van der Waals surface area contributed by atoms with Crippen LogP contribution < -0.4 is 0 Å². The third kappa shape index (κ3) is 6.38. The van der Waals surface area contributed by atoms with E-state index in [-0.39, 0.29) is 0 Å². The minimum Gasteiger partial charge on any atom is -0.286 e. The van der Waals surface area contributed by atoms with Crippen LogP contribution in [0.15, 0.2) is 55.1 Å². The highest BCUT2D eigenvalue weighted by atomic mass is 32.2. The number of hydrogen-bond acceptors (Lipinski definition) is 2. The second-order valence-electron chi connectivity index (χ2n) is 4.90. The third-order valence-corrected chi connectivity index (χ3v) is 2.84. The summed E-state index contributed by atoms with van der Waals surface area (Å²) in [6.45, 7) is 8.44. The van der Waals surface area contributed by atoms with Gasteiger partial charge in [0.2, 0.25) is 0 Å². The molecule has 2 aromatic carbocycles. The number of aryl methyl sites for hydroxylation is 2. The third-order valence-electron chi connectivity index (χ3n) is 2.84. The van der Waals surface area contributed by atoms with Crippen LogP contribution in [0.2, 0.25) is 0 Å². The Morgan fingerprint density at radius 1 is 1.05 bits per heavy atom. The molecule has 0 amide bonds. The molecular weight excluding hydrogens is 284 g/mol. The molecule has 3 nitrogen and oxygen atoms in total. The van der Waals surface area contributed by atoms with Gasteiger partial charge in [-0.3, -0.25) is 4.55 Å². The predicted octanol–water partition coefficient (Wildman–Crippen LogP) is 3.87. The summed E-state index contributed by atoms with van der Waals surface area (Å²) < 4.78 is 25.9. The zero-order valence-electron chi connectivity index (χ0n) is 12.5. The van der Waals surface area contributed by atoms with Crippen molar-refractivity contribution in [2.45, 2.75) is 13.8 Å². The van der Waals surface area contributed by atoms with Crippen molar-refractivity contribution in [1.82, 2.24) is 0 Å². The maximum absolute atomic E-state index is 9.19. The van der Waals surface area contributed by atoms with Crippen LogP contribution in [0.4, 0.5) is 0 Å². The lowest BCUT2D eigenvalue weighted by Gasteiger charge is -2.10. The van der Waals surface area contributed by atoms with Gasteiger partial charge in [0.1, 0.15) is 0 Å². The maximum Gasteiger partial charge on any atom is 0.261 e. The van der Waals surface area contributed by atoms with Crippen LogP contribution >= 0.6 is 0 Å². The normalized spacial score (nSPS) is 10.5. The molecule has 0 atom stereocenters. The van der Waals surface area contributed by atoms with E-state index in [0.717, 1.165) is 5.57 Å². The smallest absolute Gasteiger partial charge is 0.261 e. The predicted molar refractivity (Wildman–Crippen MR) is 88.0 cm³/mol. The molecule has 0 saturated carbocycles. The zero-order chi connectivity index (χ0) is 16.0. The molecule has 1 N–H and O–H groups in total. The van der Waals surface area contributed by atoms with Crippen molar-refractivity contribution in [3.05, 3.63) is 77.4 Å². The van der Waals surface area contributed by atoms with Crippen LogP contribution in [-0.2, 0) is 10.1 Å². The van der Waals surface area contributed by atoms with E-state index in [1.165, 1.54) is 22.3 Å². The van der Waals surface area contributed by atoms with Crippen LogP contribution in [0.3, 0.4) is 0 Å². The summed E-state index contributed by atoms with van der Waals surface area (Å²) in [5, 5.41) is 0. The molecule has 0 aromatic heterocycles. The zero-order valence-corrected chi connectivity index (χ0v) is 13.3. The van der Waals surface area contributed by atoms with E-state index in [1.54, 1.807) is 0 Å². The average molecular weight is 304 g/mol. The summed E-state index contributed by atoms with van der Waals surface area (Å²) in [5.41, 5.74) is 6.08. The first-order chi connectivity index (χ1) is 9.68. The first kappa shape index (κ1) is 17.1. The van der Waals surface area contributed by atoms with E-state index in [1.807, 2.05) is 18.2 Å². The Balaban J connectivity index is 0.000000383. The monoisotopic (exact) mass is 304 g/mol. The Kier molecular flexibility index (Phi) is 5.88. The van der Waals surface area contributed by atoms with Crippen molar-refractivity contribution in [3.8, 4) is 0 Å². The minimum atomic E-state index is -3.67. The SMILES string of the molecule is C=C(c1ccccc1)c1cc(C)ccc1C.CS(=O)(=O)O. The molecule has 0 spiro atoms. The molecule has 21 heavy (non-hydrogen) atoms. The van der Waals surface area contributed by atoms with E-state index in [0.29, 0.717) is 6.26 Å². The van der Waals surface area contributed by atoms with Gasteiger partial charge in [-0.15, -0.1) is 0 Å². The molecule has 2 aromatic rings. The summed E-state index contributed by atoms with van der Waals surface area (Å²) >= 11 is 0. The fraction of sp³-hybridized carbons (Fsp3) is 0.176. The van der Waals surface area contributed by atoms with Gasteiger partial charge in [0.25, 0.3) is 10.1 Å². The Morgan fingerprint density at radius 2 is 1.57 bits per heavy atom. The molecule has 0 aliphatic carbocycles. The first-order valence-corrected chi connectivity index (χ1v) is 8.27. The standard InChI is InChI=1S/C16H16.CH4O3S/c1-12-9-10-13(2)16(11-12)14(3)15-7-5-4-6-8-15;1-5(2,3)4/h4-11H,3H2,1-2H3;1H3,(H,2,3,4). The Hall–Kier alpha value is -1.91. The van der Waals surface area contributed by atoms with Gasteiger partial charge in [0, 0.05) is 0 Å². The molecule has 2 rings (SSSR count). The molecule has 0 heterocycles. The first-order valence-electron chi connectivity index (χ1n) is 6.43. The number of hydrogen-bond donors (Lipinski definition) is 1. The van der Waals surface area contributed by atoms with Crippen LogP contribution in [0.1, 0.15) is 22.3 Å². The van der Waals surface area contributed by atoms with Crippen molar-refractivity contribution in [3.63, 3.8) is 0 Å². The Labute approximate surface area is 126 Å². The van der Waals surface area contributed by atoms with Crippen LogP contribution in [-0.4, -0.2) is 19.2 Å². The fourth-order valence-electron chi connectivity index (χ4n) is 1.86. The highest BCUT2D eigenvalue weighted by Gasteiger charge is 2.04. The average Bonchev–Trinajstić information content (AvgIpc) is 2.40. The second-order valence-corrected chi connectivity index (χ2v) is 6.36. The lowest BCUT2D eigenvalue weighted by Crippen LogP contribution is -1.90. The molecule has 112 valence electrons. The molecule has 4 heteroatoms. The van der Waals surface area contributed by atoms with Gasteiger partial charge >= 0.3 is 0 Å². The van der Waals surface area contributed by atoms with Gasteiger partial charge in [-0.2, -0.15) is 8.42 Å². The van der Waals surface area contributed by atoms with Crippen molar-refractivity contribution in [2.75, 3.05) is 6.26 Å². The fourth-order valence-corrected chi connectivity index (χ4v) is 1.86. The summed E-state index contributed by atoms with van der Waals surface area (Å²) in [7, 11) is -3.67. The van der Waals surface area contributed by atoms with Crippen molar-refractivity contribution >= 4 is 15.7 Å². The molecule has 0 aliphatic rings. The van der Waals surface area contributed by atoms with Crippen LogP contribution in [0.5, 0.6) is 0 Å². The largest absolute Gasteiger partial charge is 0.286 e. The van der Waals surface area contributed by atoms with Gasteiger partial charge in [-0.1, -0.05) is 60.7 Å². The van der Waals surface area contributed by atoms with E-state index >= 15 is 0 Å². The highest BCUT2D eigenvalue weighted by molar-refractivity contribution is 7.85. The van der Waals surface area contributed by atoms with Gasteiger partial charge in [-0.05, 0) is 36.1 Å². The second kappa shape index (κ2) is 7.20. The van der Waals surface area contributed by atoms with Crippen LogP contribution in [0, 0.1) is 13.8 Å². The minimum absolute atomic E-state index is 0.715. The Bertz CT molecular complexity index is 709. The highest BCUT2D eigenvalue weighted by Crippen LogP contribution is 2.24. The van der Waals surface area contributed by atoms with E-state index < -0.39 is 10.1 Å². The molecular formula is C17H20O3S. The van der Waals surface area contributed by atoms with Gasteiger partial charge in [0.05, 0.1) is 6.26 Å². The van der Waals surface area contributed by atoms with E-state index in [9.17, 15) is 8.42 Å². The molecule has 0 aliphatic heterocycles. The van der Waals surface area contributed by atoms with Gasteiger partial charge in [-0.25, -0.2) is 0 Å². The molecule has 0 radical (unpaired) electrons. The lowest BCUT2D eigenvalue weighted by atomic mass is 9.94. The molecule has 0 bridgehead atoms. The topological polar surface area (TPSA) is 54.4 Å². The Morgan fingerprint density at radius 3 is 2.10 bits per heavy atom. The van der Waals surface area contributed by atoms with Gasteiger partial charge < -0.3 is 0 Å². The molecule has 0 fully saturated rings. The summed E-state index contributed by atoms with van der Waals surface area (Å²) in [5.74, 6) is 0.